The highest BCUT2D eigenvalue weighted by Gasteiger charge is 2.24. The molecule has 7 nitrogen and oxygen atoms in total. The lowest BCUT2D eigenvalue weighted by Crippen LogP contribution is -2.37. The van der Waals surface area contributed by atoms with E-state index in [1.807, 2.05) is 24.3 Å². The second kappa shape index (κ2) is 13.3. The number of rotatable bonds is 12. The van der Waals surface area contributed by atoms with Gasteiger partial charge in [-0.15, -0.1) is 0 Å². The summed E-state index contributed by atoms with van der Waals surface area (Å²) in [6.07, 6.45) is 12.6. The highest BCUT2D eigenvalue weighted by molar-refractivity contribution is 7.96. The molecule has 1 saturated heterocycles. The zero-order chi connectivity index (χ0) is 23.5. The predicted octanol–water partition coefficient (Wildman–Crippen LogP) is 3.60. The van der Waals surface area contributed by atoms with Gasteiger partial charge in [0.2, 0.25) is 0 Å². The molecule has 2 aromatic rings. The quantitative estimate of drug-likeness (QED) is 0.325. The van der Waals surface area contributed by atoms with E-state index in [0.717, 1.165) is 56.3 Å². The third kappa shape index (κ3) is 7.57. The molecule has 0 radical (unpaired) electrons. The van der Waals surface area contributed by atoms with Gasteiger partial charge in [-0.1, -0.05) is 25.7 Å². The molecule has 2 heterocycles. The molecule has 3 N–H and O–H groups in total. The first-order valence-corrected chi connectivity index (χ1v) is 12.8. The molecule has 1 amide bonds. The Labute approximate surface area is 198 Å². The number of H-pyrrole nitrogens is 1. The van der Waals surface area contributed by atoms with Crippen LogP contribution in [-0.4, -0.2) is 58.3 Å². The zero-order valence-corrected chi connectivity index (χ0v) is 20.0. The summed E-state index contributed by atoms with van der Waals surface area (Å²) in [5.74, 6) is -0.151. The van der Waals surface area contributed by atoms with Crippen LogP contribution in [0.2, 0.25) is 0 Å². The number of ether oxygens (including phenoxy) is 1. The number of amides is 1. The third-order valence-electron chi connectivity index (χ3n) is 5.79. The van der Waals surface area contributed by atoms with Gasteiger partial charge in [-0.3, -0.25) is 9.89 Å². The molecule has 1 aliphatic rings. The van der Waals surface area contributed by atoms with Crippen molar-refractivity contribution in [3.8, 4) is 0 Å². The van der Waals surface area contributed by atoms with Crippen molar-refractivity contribution in [3.63, 3.8) is 0 Å². The fourth-order valence-corrected chi connectivity index (χ4v) is 5.19. The Morgan fingerprint density at radius 2 is 2.24 bits per heavy atom. The smallest absolute Gasteiger partial charge is 0.251 e. The molecule has 1 fully saturated rings. The molecular weight excluding hydrogens is 436 g/mol. The Kier molecular flexibility index (Phi) is 10.2. The molecule has 0 bridgehead atoms. The van der Waals surface area contributed by atoms with E-state index in [0.29, 0.717) is 23.1 Å². The second-order valence-electron chi connectivity index (χ2n) is 8.04. The molecule has 0 aliphatic carbocycles. The third-order valence-corrected chi connectivity index (χ3v) is 7.73. The molecule has 0 spiro atoms. The lowest BCUT2D eigenvalue weighted by atomic mass is 10.1. The van der Waals surface area contributed by atoms with Crippen LogP contribution in [0, 0.1) is 0 Å². The van der Waals surface area contributed by atoms with E-state index >= 15 is 0 Å². The first-order chi connectivity index (χ1) is 16.1. The van der Waals surface area contributed by atoms with E-state index < -0.39 is 11.2 Å². The van der Waals surface area contributed by atoms with Crippen molar-refractivity contribution >= 4 is 28.0 Å². The Morgan fingerprint density at radius 1 is 1.42 bits per heavy atom. The monoisotopic (exact) mass is 470 g/mol. The molecule has 1 aliphatic heterocycles. The maximum Gasteiger partial charge on any atom is 0.251 e. The minimum Gasteiger partial charge on any atom is -0.611 e. The van der Waals surface area contributed by atoms with Crippen molar-refractivity contribution in [3.05, 3.63) is 65.7 Å². The van der Waals surface area contributed by atoms with E-state index in [1.54, 1.807) is 24.4 Å². The minimum absolute atomic E-state index is 0.0764. The number of fused-ring (bicyclic) bond motifs is 1. The number of hydrogen-bond donors (Lipinski definition) is 3. The average molecular weight is 471 g/mol. The second-order valence-corrected chi connectivity index (χ2v) is 9.77. The Bertz CT molecular complexity index is 965. The summed E-state index contributed by atoms with van der Waals surface area (Å²) < 4.78 is 18.4. The van der Waals surface area contributed by atoms with Gasteiger partial charge < -0.3 is 19.9 Å². The first-order valence-electron chi connectivity index (χ1n) is 11.5. The van der Waals surface area contributed by atoms with Crippen molar-refractivity contribution in [2.75, 3.05) is 26.3 Å². The molecule has 2 atom stereocenters. The van der Waals surface area contributed by atoms with E-state index in [9.17, 15) is 9.35 Å². The zero-order valence-electron chi connectivity index (χ0n) is 19.2. The predicted molar refractivity (Wildman–Crippen MR) is 135 cm³/mol. The SMILES string of the molecule is C=C/C(=C\C=C\CNC(=O)c1ccc2[nH]ncc2c1)[S+]([O-])C(CC)CCNC1CCOCC1. The summed E-state index contributed by atoms with van der Waals surface area (Å²) in [5, 5.41) is 14.2. The van der Waals surface area contributed by atoms with E-state index in [-0.39, 0.29) is 11.2 Å². The number of nitrogens with zero attached hydrogens (tertiary/aromatic N) is 1. The van der Waals surface area contributed by atoms with Gasteiger partial charge in [0.15, 0.2) is 4.91 Å². The first kappa shape index (κ1) is 25.2. The molecule has 2 unspecified atom stereocenters. The van der Waals surface area contributed by atoms with Crippen molar-refractivity contribution in [1.29, 1.82) is 0 Å². The van der Waals surface area contributed by atoms with Crippen LogP contribution in [0.1, 0.15) is 43.0 Å². The van der Waals surface area contributed by atoms with Crippen LogP contribution in [0.4, 0.5) is 0 Å². The molecule has 33 heavy (non-hydrogen) atoms. The molecule has 0 saturated carbocycles. The van der Waals surface area contributed by atoms with Crippen LogP contribution < -0.4 is 10.6 Å². The fourth-order valence-electron chi connectivity index (χ4n) is 3.79. The summed E-state index contributed by atoms with van der Waals surface area (Å²) >= 11 is -1.12. The molecule has 1 aromatic carbocycles. The normalized spacial score (nSPS) is 17.3. The van der Waals surface area contributed by atoms with Crippen LogP contribution in [0.25, 0.3) is 10.9 Å². The standard InChI is InChI=1S/C25H34N4O3S/c1-3-22(33(31)23(4-2)10-14-26-21-11-15-32-16-12-21)7-5-6-13-27-25(30)19-8-9-24-20(17-19)18-28-29-24/h3,5-9,17-18,21,23,26H,1,4,10-16H2,2H3,(H,27,30)(H,28,29)/b6-5+,22-7+. The van der Waals surface area contributed by atoms with E-state index in [4.69, 9.17) is 4.74 Å². The number of hydrogen-bond acceptors (Lipinski definition) is 5. The number of carbonyl (C=O) groups excluding carboxylic acids is 1. The molecular formula is C25H34N4O3S. The van der Waals surface area contributed by atoms with Crippen LogP contribution in [0.15, 0.2) is 60.2 Å². The van der Waals surface area contributed by atoms with Gasteiger partial charge in [-0.2, -0.15) is 5.10 Å². The molecule has 1 aromatic heterocycles. The highest BCUT2D eigenvalue weighted by atomic mass is 32.2. The summed E-state index contributed by atoms with van der Waals surface area (Å²) in [5.41, 5.74) is 1.48. The summed E-state index contributed by atoms with van der Waals surface area (Å²) in [7, 11) is 0. The lowest BCUT2D eigenvalue weighted by Gasteiger charge is -2.25. The Balaban J connectivity index is 1.45. The topological polar surface area (TPSA) is 102 Å². The Morgan fingerprint density at radius 3 is 3.00 bits per heavy atom. The summed E-state index contributed by atoms with van der Waals surface area (Å²) in [4.78, 5) is 13.1. The lowest BCUT2D eigenvalue weighted by molar-refractivity contribution is 0.0780. The molecule has 8 heteroatoms. The minimum atomic E-state index is -1.12. The number of benzene rings is 1. The van der Waals surface area contributed by atoms with E-state index in [2.05, 4.69) is 34.3 Å². The van der Waals surface area contributed by atoms with Gasteiger partial charge in [-0.05, 0) is 60.8 Å². The van der Waals surface area contributed by atoms with Crippen LogP contribution in [-0.2, 0) is 15.9 Å². The summed E-state index contributed by atoms with van der Waals surface area (Å²) in [6, 6.07) is 5.91. The Hall–Kier alpha value is -2.39. The number of allylic oxidation sites excluding steroid dienone is 3. The number of aromatic amines is 1. The maximum atomic E-state index is 13.0. The van der Waals surface area contributed by atoms with Crippen molar-refractivity contribution in [1.82, 2.24) is 20.8 Å². The van der Waals surface area contributed by atoms with Gasteiger partial charge in [0.05, 0.1) is 11.7 Å². The van der Waals surface area contributed by atoms with Gasteiger partial charge in [0.1, 0.15) is 5.25 Å². The number of carbonyl (C=O) groups is 1. The summed E-state index contributed by atoms with van der Waals surface area (Å²) in [6.45, 7) is 8.77. The van der Waals surface area contributed by atoms with Crippen LogP contribution in [0.3, 0.4) is 0 Å². The largest absolute Gasteiger partial charge is 0.611 e. The van der Waals surface area contributed by atoms with Gasteiger partial charge in [0.25, 0.3) is 5.91 Å². The van der Waals surface area contributed by atoms with Gasteiger partial charge >= 0.3 is 0 Å². The fraction of sp³-hybridized carbons (Fsp3) is 0.440. The number of aromatic nitrogens is 2. The molecule has 178 valence electrons. The molecule has 3 rings (SSSR count). The van der Waals surface area contributed by atoms with Crippen molar-refractivity contribution < 1.29 is 14.1 Å². The van der Waals surface area contributed by atoms with Crippen LogP contribution >= 0.6 is 0 Å². The highest BCUT2D eigenvalue weighted by Crippen LogP contribution is 2.20. The van der Waals surface area contributed by atoms with Gasteiger partial charge in [0, 0.05) is 49.7 Å². The number of nitrogens with one attached hydrogen (secondary N) is 3. The van der Waals surface area contributed by atoms with E-state index in [1.165, 1.54) is 0 Å². The van der Waals surface area contributed by atoms with Gasteiger partial charge in [-0.25, -0.2) is 0 Å². The van der Waals surface area contributed by atoms with Crippen LogP contribution in [0.5, 0.6) is 0 Å². The average Bonchev–Trinajstić information content (AvgIpc) is 3.32. The maximum absolute atomic E-state index is 13.0. The van der Waals surface area contributed by atoms with Crippen molar-refractivity contribution in [2.24, 2.45) is 0 Å². The van der Waals surface area contributed by atoms with Crippen molar-refractivity contribution in [2.45, 2.75) is 43.9 Å².